The van der Waals surface area contributed by atoms with E-state index in [4.69, 9.17) is 20.8 Å². The number of rotatable bonds is 5. The predicted molar refractivity (Wildman–Crippen MR) is 122 cm³/mol. The summed E-state index contributed by atoms with van der Waals surface area (Å²) in [5.74, 6) is 1.97. The summed E-state index contributed by atoms with van der Waals surface area (Å²) in [6, 6.07) is 18.6. The van der Waals surface area contributed by atoms with Crippen molar-refractivity contribution in [1.29, 1.82) is 0 Å². The Kier molecular flexibility index (Phi) is 5.97. The summed E-state index contributed by atoms with van der Waals surface area (Å²) in [4.78, 5) is 19.7. The number of amides is 1. The lowest BCUT2D eigenvalue weighted by Gasteiger charge is -2.12. The second-order valence-electron chi connectivity index (χ2n) is 6.46. The van der Waals surface area contributed by atoms with E-state index in [2.05, 4.69) is 4.99 Å². The maximum Gasteiger partial charge on any atom is 0.266 e. The van der Waals surface area contributed by atoms with E-state index >= 15 is 0 Å². The molecule has 30 heavy (non-hydrogen) atoms. The van der Waals surface area contributed by atoms with Crippen LogP contribution in [-0.2, 0) is 4.79 Å². The number of furan rings is 1. The summed E-state index contributed by atoms with van der Waals surface area (Å²) in [6.07, 6.45) is 1.75. The van der Waals surface area contributed by atoms with Crippen molar-refractivity contribution >= 4 is 46.2 Å². The predicted octanol–water partition coefficient (Wildman–Crippen LogP) is 6.23. The number of likely N-dealkylation sites (N-methyl/N-ethyl adjacent to an activating group) is 1. The van der Waals surface area contributed by atoms with Crippen LogP contribution >= 0.6 is 23.4 Å². The fraction of sp³-hybridized carbons (Fsp3) is 0.130. The minimum absolute atomic E-state index is 0.0875. The summed E-state index contributed by atoms with van der Waals surface area (Å²) in [5.41, 5.74) is 1.64. The Bertz CT molecular complexity index is 1140. The van der Waals surface area contributed by atoms with E-state index in [0.29, 0.717) is 33.2 Å². The number of thioether (sulfide) groups is 1. The molecule has 1 fully saturated rings. The van der Waals surface area contributed by atoms with E-state index in [1.807, 2.05) is 67.6 Å². The van der Waals surface area contributed by atoms with Crippen molar-refractivity contribution in [3.05, 3.63) is 76.4 Å². The third-order valence-corrected chi connectivity index (χ3v) is 5.75. The highest BCUT2D eigenvalue weighted by Gasteiger charge is 2.32. The molecule has 0 radical (unpaired) electrons. The van der Waals surface area contributed by atoms with E-state index in [-0.39, 0.29) is 5.91 Å². The first kappa shape index (κ1) is 20.3. The molecule has 1 aliphatic heterocycles. The number of carbonyl (C=O) groups is 1. The van der Waals surface area contributed by atoms with Gasteiger partial charge in [-0.05, 0) is 67.2 Å². The second-order valence-corrected chi connectivity index (χ2v) is 7.91. The van der Waals surface area contributed by atoms with Crippen LogP contribution in [0.4, 0.5) is 5.69 Å². The lowest BCUT2D eigenvalue weighted by atomic mass is 10.2. The van der Waals surface area contributed by atoms with Gasteiger partial charge < -0.3 is 9.15 Å². The zero-order valence-electron chi connectivity index (χ0n) is 16.5. The highest BCUT2D eigenvalue weighted by atomic mass is 35.5. The van der Waals surface area contributed by atoms with Gasteiger partial charge in [0.25, 0.3) is 5.91 Å². The molecule has 0 spiro atoms. The summed E-state index contributed by atoms with van der Waals surface area (Å²) in [6.45, 7) is 2.46. The number of ether oxygens (including phenoxy) is 1. The number of halogens is 1. The van der Waals surface area contributed by atoms with Gasteiger partial charge in [0, 0.05) is 23.2 Å². The van der Waals surface area contributed by atoms with E-state index < -0.39 is 0 Å². The van der Waals surface area contributed by atoms with Gasteiger partial charge in [0.05, 0.1) is 17.7 Å². The highest BCUT2D eigenvalue weighted by molar-refractivity contribution is 8.18. The highest BCUT2D eigenvalue weighted by Crippen LogP contribution is 2.35. The number of benzene rings is 2. The maximum atomic E-state index is 12.8. The van der Waals surface area contributed by atoms with Crippen LogP contribution in [0.2, 0.25) is 5.02 Å². The van der Waals surface area contributed by atoms with Crippen LogP contribution in [0.1, 0.15) is 12.7 Å². The van der Waals surface area contributed by atoms with Crippen LogP contribution in [0, 0.1) is 0 Å². The molecule has 3 aromatic rings. The molecule has 2 heterocycles. The van der Waals surface area contributed by atoms with E-state index in [0.717, 1.165) is 17.0 Å². The molecule has 0 bridgehead atoms. The normalized spacial score (nSPS) is 16.6. The Hall–Kier alpha value is -2.96. The van der Waals surface area contributed by atoms with Crippen LogP contribution in [0.15, 0.2) is 75.0 Å². The first-order valence-corrected chi connectivity index (χ1v) is 10.6. The van der Waals surface area contributed by atoms with E-state index in [1.54, 1.807) is 18.1 Å². The van der Waals surface area contributed by atoms with Gasteiger partial charge in [-0.15, -0.1) is 0 Å². The number of carbonyl (C=O) groups excluding carboxylic acids is 1. The molecule has 1 aromatic heterocycles. The van der Waals surface area contributed by atoms with E-state index in [9.17, 15) is 4.79 Å². The minimum Gasteiger partial charge on any atom is -0.497 e. The monoisotopic (exact) mass is 438 g/mol. The average Bonchev–Trinajstić information content (AvgIpc) is 3.33. The summed E-state index contributed by atoms with van der Waals surface area (Å²) >= 11 is 7.40. The van der Waals surface area contributed by atoms with Crippen molar-refractivity contribution in [2.24, 2.45) is 4.99 Å². The van der Waals surface area contributed by atoms with Gasteiger partial charge in [0.15, 0.2) is 5.17 Å². The van der Waals surface area contributed by atoms with Gasteiger partial charge in [-0.25, -0.2) is 4.99 Å². The molecule has 0 unspecified atom stereocenters. The molecular formula is C23H19ClN2O3S. The fourth-order valence-electron chi connectivity index (χ4n) is 2.99. The van der Waals surface area contributed by atoms with Crippen molar-refractivity contribution < 1.29 is 13.9 Å². The lowest BCUT2D eigenvalue weighted by Crippen LogP contribution is -2.28. The summed E-state index contributed by atoms with van der Waals surface area (Å²) in [5, 5.41) is 1.28. The molecule has 4 rings (SSSR count). The number of aliphatic imine (C=N–C) groups is 1. The zero-order valence-corrected chi connectivity index (χ0v) is 18.0. The van der Waals surface area contributed by atoms with Crippen LogP contribution in [0.5, 0.6) is 5.75 Å². The van der Waals surface area contributed by atoms with Gasteiger partial charge in [-0.1, -0.05) is 23.7 Å². The minimum atomic E-state index is -0.0875. The van der Waals surface area contributed by atoms with Gasteiger partial charge in [-0.2, -0.15) is 0 Å². The topological polar surface area (TPSA) is 55.0 Å². The Morgan fingerprint density at radius 2 is 1.97 bits per heavy atom. The smallest absolute Gasteiger partial charge is 0.266 e. The first-order chi connectivity index (χ1) is 14.6. The van der Waals surface area contributed by atoms with Crippen LogP contribution in [0.3, 0.4) is 0 Å². The number of hydrogen-bond donors (Lipinski definition) is 0. The van der Waals surface area contributed by atoms with Crippen LogP contribution in [-0.4, -0.2) is 29.6 Å². The molecule has 152 valence electrons. The Balaban J connectivity index is 1.59. The van der Waals surface area contributed by atoms with Crippen molar-refractivity contribution in [2.45, 2.75) is 6.92 Å². The van der Waals surface area contributed by atoms with Crippen molar-refractivity contribution in [3.8, 4) is 17.1 Å². The number of hydrogen-bond acceptors (Lipinski definition) is 5. The average molecular weight is 439 g/mol. The first-order valence-electron chi connectivity index (χ1n) is 9.37. The van der Waals surface area contributed by atoms with Crippen molar-refractivity contribution in [2.75, 3.05) is 13.7 Å². The van der Waals surface area contributed by atoms with Crippen molar-refractivity contribution in [3.63, 3.8) is 0 Å². The molecule has 0 N–H and O–H groups in total. The zero-order chi connectivity index (χ0) is 21.1. The van der Waals surface area contributed by atoms with Crippen LogP contribution in [0.25, 0.3) is 17.4 Å². The molecule has 0 aliphatic carbocycles. The lowest BCUT2D eigenvalue weighted by molar-refractivity contribution is -0.122. The number of amidine groups is 1. The molecule has 2 aromatic carbocycles. The number of methoxy groups -OCH3 is 1. The molecule has 0 saturated carbocycles. The standard InChI is InChI=1S/C23H19ClN2O3S/c1-3-26-22(27)21(30-23(26)25-17-7-9-18(28-2)10-8-17)14-19-11-12-20(29-19)15-5-4-6-16(24)13-15/h4-14H,3H2,1-2H3/b21-14+,25-23?. The molecule has 5 nitrogen and oxygen atoms in total. The van der Waals surface area contributed by atoms with Crippen LogP contribution < -0.4 is 4.74 Å². The summed E-state index contributed by atoms with van der Waals surface area (Å²) in [7, 11) is 1.62. The van der Waals surface area contributed by atoms with Gasteiger partial charge in [-0.3, -0.25) is 9.69 Å². The molecule has 1 amide bonds. The Morgan fingerprint density at radius 3 is 2.67 bits per heavy atom. The third kappa shape index (κ3) is 4.30. The van der Waals surface area contributed by atoms with Gasteiger partial charge in [0.1, 0.15) is 17.3 Å². The number of nitrogens with zero attached hydrogens (tertiary/aromatic N) is 2. The van der Waals surface area contributed by atoms with Gasteiger partial charge in [0.2, 0.25) is 0 Å². The SMILES string of the molecule is CCN1C(=O)/C(=C\c2ccc(-c3cccc(Cl)c3)o2)SC1=Nc1ccc(OC)cc1. The second kappa shape index (κ2) is 8.81. The molecule has 7 heteroatoms. The molecule has 1 saturated heterocycles. The maximum absolute atomic E-state index is 12.8. The largest absolute Gasteiger partial charge is 0.497 e. The van der Waals surface area contributed by atoms with E-state index in [1.165, 1.54) is 11.8 Å². The molecule has 0 atom stereocenters. The molecular weight excluding hydrogens is 420 g/mol. The van der Waals surface area contributed by atoms with Crippen molar-refractivity contribution in [1.82, 2.24) is 4.90 Å². The third-order valence-electron chi connectivity index (χ3n) is 4.51. The molecule has 1 aliphatic rings. The fourth-order valence-corrected chi connectivity index (χ4v) is 4.23. The quantitative estimate of drug-likeness (QED) is 0.443. The van der Waals surface area contributed by atoms with Gasteiger partial charge >= 0.3 is 0 Å². The summed E-state index contributed by atoms with van der Waals surface area (Å²) < 4.78 is 11.1. The Morgan fingerprint density at radius 1 is 1.17 bits per heavy atom. The Labute approximate surface area is 184 Å².